The molecule has 6 nitrogen and oxygen atoms in total. The molecule has 0 atom stereocenters. The number of carbonyl (C=O) groups is 2. The highest BCUT2D eigenvalue weighted by Gasteiger charge is 2.12. The van der Waals surface area contributed by atoms with E-state index in [1.54, 1.807) is 0 Å². The summed E-state index contributed by atoms with van der Waals surface area (Å²) in [4.78, 5) is 23.5. The highest BCUT2D eigenvalue weighted by molar-refractivity contribution is 5.83. The van der Waals surface area contributed by atoms with Crippen LogP contribution in [0.2, 0.25) is 0 Å². The molecule has 0 aliphatic rings. The number of benzene rings is 2. The van der Waals surface area contributed by atoms with Gasteiger partial charge in [-0.25, -0.2) is 0 Å². The molecular weight excluding hydrogens is 360 g/mol. The Morgan fingerprint density at radius 1 is 1.04 bits per heavy atom. The molecule has 0 aromatic heterocycles. The van der Waals surface area contributed by atoms with Gasteiger partial charge in [0.1, 0.15) is 13.2 Å². The first-order chi connectivity index (χ1) is 13.0. The molecular formula is C19H19F2NO5. The van der Waals surface area contributed by atoms with Gasteiger partial charge >= 0.3 is 12.6 Å². The molecule has 0 aliphatic heterocycles. The number of rotatable bonds is 9. The van der Waals surface area contributed by atoms with E-state index >= 15 is 0 Å². The SMILES string of the molecule is COc1cc(COC(=O)CNC(=O)Cc2ccccc2)ccc1OC(F)F. The molecule has 0 unspecified atom stereocenters. The lowest BCUT2D eigenvalue weighted by molar-refractivity contribution is -0.145. The van der Waals surface area contributed by atoms with Crippen molar-refractivity contribution >= 4 is 11.9 Å². The van der Waals surface area contributed by atoms with Crippen LogP contribution in [0.1, 0.15) is 11.1 Å². The third-order valence-electron chi connectivity index (χ3n) is 3.48. The van der Waals surface area contributed by atoms with Gasteiger partial charge in [-0.2, -0.15) is 8.78 Å². The highest BCUT2D eigenvalue weighted by Crippen LogP contribution is 2.29. The van der Waals surface area contributed by atoms with Crippen LogP contribution in [0.4, 0.5) is 8.78 Å². The molecule has 0 radical (unpaired) electrons. The molecule has 8 heteroatoms. The number of methoxy groups -OCH3 is 1. The Morgan fingerprint density at radius 2 is 1.78 bits per heavy atom. The third-order valence-corrected chi connectivity index (χ3v) is 3.48. The monoisotopic (exact) mass is 379 g/mol. The summed E-state index contributed by atoms with van der Waals surface area (Å²) in [5.74, 6) is -0.938. The van der Waals surface area contributed by atoms with Gasteiger partial charge in [-0.1, -0.05) is 36.4 Å². The first-order valence-corrected chi connectivity index (χ1v) is 8.06. The lowest BCUT2D eigenvalue weighted by atomic mass is 10.1. The Hall–Kier alpha value is -3.16. The average Bonchev–Trinajstić information content (AvgIpc) is 2.66. The number of esters is 1. The molecule has 0 spiro atoms. The molecule has 1 amide bonds. The van der Waals surface area contributed by atoms with Gasteiger partial charge in [0, 0.05) is 0 Å². The van der Waals surface area contributed by atoms with Crippen LogP contribution in [0.3, 0.4) is 0 Å². The van der Waals surface area contributed by atoms with Crippen LogP contribution < -0.4 is 14.8 Å². The zero-order valence-corrected chi connectivity index (χ0v) is 14.6. The van der Waals surface area contributed by atoms with E-state index in [9.17, 15) is 18.4 Å². The number of carbonyl (C=O) groups excluding carboxylic acids is 2. The summed E-state index contributed by atoms with van der Waals surface area (Å²) >= 11 is 0. The van der Waals surface area contributed by atoms with Gasteiger partial charge in [0.25, 0.3) is 0 Å². The zero-order valence-electron chi connectivity index (χ0n) is 14.6. The zero-order chi connectivity index (χ0) is 19.6. The summed E-state index contributed by atoms with van der Waals surface area (Å²) < 4.78 is 38.9. The van der Waals surface area contributed by atoms with E-state index in [2.05, 4.69) is 10.1 Å². The fourth-order valence-electron chi connectivity index (χ4n) is 2.22. The van der Waals surface area contributed by atoms with E-state index in [1.807, 2.05) is 30.3 Å². The number of hydrogen-bond acceptors (Lipinski definition) is 5. The molecule has 0 aliphatic carbocycles. The largest absolute Gasteiger partial charge is 0.493 e. The number of nitrogens with one attached hydrogen (secondary N) is 1. The lowest BCUT2D eigenvalue weighted by Gasteiger charge is -2.12. The normalized spacial score (nSPS) is 10.4. The second-order valence-electron chi connectivity index (χ2n) is 5.46. The van der Waals surface area contributed by atoms with Crippen molar-refractivity contribution in [2.75, 3.05) is 13.7 Å². The predicted octanol–water partition coefficient (Wildman–Crippen LogP) is 2.70. The fourth-order valence-corrected chi connectivity index (χ4v) is 2.22. The van der Waals surface area contributed by atoms with Gasteiger partial charge in [-0.05, 0) is 23.3 Å². The summed E-state index contributed by atoms with van der Waals surface area (Å²) in [6.07, 6.45) is 0.164. The summed E-state index contributed by atoms with van der Waals surface area (Å²) in [6, 6.07) is 13.3. The van der Waals surface area contributed by atoms with Gasteiger partial charge in [0.2, 0.25) is 5.91 Å². The van der Waals surface area contributed by atoms with Gasteiger partial charge < -0.3 is 19.5 Å². The van der Waals surface area contributed by atoms with Crippen molar-refractivity contribution < 1.29 is 32.6 Å². The van der Waals surface area contributed by atoms with Crippen LogP contribution >= 0.6 is 0 Å². The van der Waals surface area contributed by atoms with Gasteiger partial charge in [-0.3, -0.25) is 9.59 Å². The van der Waals surface area contributed by atoms with Gasteiger partial charge in [0.05, 0.1) is 13.5 Å². The number of halogens is 2. The standard InChI is InChI=1S/C19H19F2NO5/c1-25-16-9-14(7-8-15(16)27-19(20)21)12-26-18(24)11-22-17(23)10-13-5-3-2-4-6-13/h2-9,19H,10-12H2,1H3,(H,22,23). The quantitative estimate of drug-likeness (QED) is 0.678. The van der Waals surface area contributed by atoms with E-state index in [0.717, 1.165) is 5.56 Å². The first-order valence-electron chi connectivity index (χ1n) is 8.06. The van der Waals surface area contributed by atoms with Crippen LogP contribution in [0, 0.1) is 0 Å². The minimum atomic E-state index is -2.97. The Bertz CT molecular complexity index is 768. The maximum Gasteiger partial charge on any atom is 0.387 e. The molecule has 2 rings (SSSR count). The van der Waals surface area contributed by atoms with Gasteiger partial charge in [-0.15, -0.1) is 0 Å². The molecule has 1 N–H and O–H groups in total. The van der Waals surface area contributed by atoms with Crippen molar-refractivity contribution in [2.24, 2.45) is 0 Å². The molecule has 0 fully saturated rings. The number of ether oxygens (including phenoxy) is 3. The Morgan fingerprint density at radius 3 is 2.44 bits per heavy atom. The minimum Gasteiger partial charge on any atom is -0.493 e. The van der Waals surface area contributed by atoms with Crippen molar-refractivity contribution in [3.05, 3.63) is 59.7 Å². The maximum atomic E-state index is 12.3. The molecule has 0 heterocycles. The number of alkyl halides is 2. The second kappa shape index (κ2) is 10.1. The topological polar surface area (TPSA) is 73.9 Å². The molecule has 0 saturated carbocycles. The summed E-state index contributed by atoms with van der Waals surface area (Å²) in [5.41, 5.74) is 1.36. The van der Waals surface area contributed by atoms with Crippen molar-refractivity contribution in [1.82, 2.24) is 5.32 Å². The second-order valence-corrected chi connectivity index (χ2v) is 5.46. The molecule has 144 valence electrons. The predicted molar refractivity (Wildman–Crippen MR) is 92.6 cm³/mol. The van der Waals surface area contributed by atoms with Crippen LogP contribution in [-0.4, -0.2) is 32.1 Å². The molecule has 0 bridgehead atoms. The number of amides is 1. The van der Waals surface area contributed by atoms with Crippen LogP contribution in [0.5, 0.6) is 11.5 Å². The van der Waals surface area contributed by atoms with E-state index in [-0.39, 0.29) is 37.0 Å². The summed E-state index contributed by atoms with van der Waals surface area (Å²) in [5, 5.41) is 2.48. The first kappa shape index (κ1) is 20.2. The molecule has 2 aromatic rings. The average molecular weight is 379 g/mol. The van der Waals surface area contributed by atoms with Crippen molar-refractivity contribution in [2.45, 2.75) is 19.6 Å². The molecule has 0 saturated heterocycles. The Labute approximate surface area is 155 Å². The minimum absolute atomic E-state index is 0.0972. The van der Waals surface area contributed by atoms with Crippen molar-refractivity contribution in [3.8, 4) is 11.5 Å². The maximum absolute atomic E-state index is 12.3. The van der Waals surface area contributed by atoms with Crippen molar-refractivity contribution in [3.63, 3.8) is 0 Å². The third kappa shape index (κ3) is 6.93. The molecule has 27 heavy (non-hydrogen) atoms. The summed E-state index contributed by atoms with van der Waals surface area (Å²) in [7, 11) is 1.31. The molecule has 2 aromatic carbocycles. The highest BCUT2D eigenvalue weighted by atomic mass is 19.3. The lowest BCUT2D eigenvalue weighted by Crippen LogP contribution is -2.31. The van der Waals surface area contributed by atoms with E-state index in [0.29, 0.717) is 5.56 Å². The smallest absolute Gasteiger partial charge is 0.387 e. The van der Waals surface area contributed by atoms with E-state index < -0.39 is 12.6 Å². The Kier molecular flexibility index (Phi) is 7.54. The summed E-state index contributed by atoms with van der Waals surface area (Å²) in [6.45, 7) is -3.34. The number of hydrogen-bond donors (Lipinski definition) is 1. The fraction of sp³-hybridized carbons (Fsp3) is 0.263. The van der Waals surface area contributed by atoms with Crippen molar-refractivity contribution in [1.29, 1.82) is 0 Å². The van der Waals surface area contributed by atoms with Gasteiger partial charge in [0.15, 0.2) is 11.5 Å². The van der Waals surface area contributed by atoms with Crippen LogP contribution in [0.25, 0.3) is 0 Å². The van der Waals surface area contributed by atoms with E-state index in [4.69, 9.17) is 9.47 Å². The van der Waals surface area contributed by atoms with Crippen LogP contribution in [0.15, 0.2) is 48.5 Å². The van der Waals surface area contributed by atoms with Crippen LogP contribution in [-0.2, 0) is 27.4 Å². The Balaban J connectivity index is 1.78. The van der Waals surface area contributed by atoms with E-state index in [1.165, 1.54) is 25.3 Å².